The summed E-state index contributed by atoms with van der Waals surface area (Å²) in [4.78, 5) is 22.8. The first-order valence-corrected chi connectivity index (χ1v) is 6.41. The van der Waals surface area contributed by atoms with Gasteiger partial charge in [-0.2, -0.15) is 0 Å². The van der Waals surface area contributed by atoms with Crippen molar-refractivity contribution in [2.75, 3.05) is 6.61 Å². The van der Waals surface area contributed by atoms with Crippen LogP contribution in [0, 0.1) is 5.41 Å². The Bertz CT molecular complexity index is 275. The zero-order valence-electron chi connectivity index (χ0n) is 11.4. The number of carboxylic acids is 1. The maximum Gasteiger partial charge on any atom is 0.309 e. The summed E-state index contributed by atoms with van der Waals surface area (Å²) in [6.45, 7) is 5.27. The van der Waals surface area contributed by atoms with Crippen LogP contribution in [0.25, 0.3) is 0 Å². The van der Waals surface area contributed by atoms with E-state index in [-0.39, 0.29) is 31.5 Å². The Kier molecular flexibility index (Phi) is 7.59. The second kappa shape index (κ2) is 8.08. The summed E-state index contributed by atoms with van der Waals surface area (Å²) in [5.74, 6) is -1.27. The van der Waals surface area contributed by atoms with E-state index in [2.05, 4.69) is 0 Å². The maximum atomic E-state index is 11.4. The number of rotatable bonds is 9. The molecule has 0 amide bonds. The topological polar surface area (TPSA) is 83.8 Å². The van der Waals surface area contributed by atoms with Crippen LogP contribution in [0.5, 0.6) is 0 Å². The molecule has 0 heterocycles. The summed E-state index contributed by atoms with van der Waals surface area (Å²) >= 11 is 0. The molecule has 0 spiro atoms. The van der Waals surface area contributed by atoms with Crippen LogP contribution in [0.15, 0.2) is 0 Å². The van der Waals surface area contributed by atoms with Gasteiger partial charge in [-0.25, -0.2) is 0 Å². The molecular weight excluding hydrogens is 236 g/mol. The third-order valence-electron chi connectivity index (χ3n) is 3.12. The van der Waals surface area contributed by atoms with Crippen LogP contribution in [-0.2, 0) is 14.3 Å². The van der Waals surface area contributed by atoms with Gasteiger partial charge in [0.2, 0.25) is 0 Å². The summed E-state index contributed by atoms with van der Waals surface area (Å²) in [7, 11) is 0. The Hall–Kier alpha value is -1.10. The molecule has 0 saturated heterocycles. The van der Waals surface area contributed by atoms with Crippen molar-refractivity contribution in [1.29, 1.82) is 0 Å². The van der Waals surface area contributed by atoms with E-state index in [9.17, 15) is 14.7 Å². The van der Waals surface area contributed by atoms with Crippen LogP contribution in [-0.4, -0.2) is 34.9 Å². The van der Waals surface area contributed by atoms with Crippen molar-refractivity contribution in [3.63, 3.8) is 0 Å². The average Bonchev–Trinajstić information content (AvgIpc) is 2.28. The number of carboxylic acid groups (broad SMARTS) is 1. The minimum absolute atomic E-state index is 0.0362. The van der Waals surface area contributed by atoms with Crippen molar-refractivity contribution in [1.82, 2.24) is 0 Å². The first-order valence-electron chi connectivity index (χ1n) is 6.41. The van der Waals surface area contributed by atoms with Gasteiger partial charge in [-0.1, -0.05) is 6.92 Å². The molecule has 0 aromatic heterocycles. The molecule has 0 radical (unpaired) electrons. The number of hydrogen-bond acceptors (Lipinski definition) is 4. The lowest BCUT2D eigenvalue weighted by atomic mass is 9.77. The van der Waals surface area contributed by atoms with Crippen LogP contribution in [0.2, 0.25) is 0 Å². The van der Waals surface area contributed by atoms with Crippen molar-refractivity contribution in [3.8, 4) is 0 Å². The van der Waals surface area contributed by atoms with Gasteiger partial charge in [-0.3, -0.25) is 9.59 Å². The van der Waals surface area contributed by atoms with Crippen LogP contribution in [0.1, 0.15) is 52.9 Å². The van der Waals surface area contributed by atoms with Crippen molar-refractivity contribution in [2.24, 2.45) is 5.41 Å². The molecule has 0 aromatic rings. The van der Waals surface area contributed by atoms with Crippen LogP contribution in [0.3, 0.4) is 0 Å². The molecule has 106 valence electrons. The van der Waals surface area contributed by atoms with Gasteiger partial charge >= 0.3 is 11.9 Å². The van der Waals surface area contributed by atoms with E-state index in [1.54, 1.807) is 20.8 Å². The number of aliphatic carboxylic acids is 1. The summed E-state index contributed by atoms with van der Waals surface area (Å²) in [6.07, 6.45) is 1.42. The fourth-order valence-corrected chi connectivity index (χ4v) is 1.92. The van der Waals surface area contributed by atoms with Gasteiger partial charge < -0.3 is 14.9 Å². The Morgan fingerprint density at radius 3 is 2.28 bits per heavy atom. The Morgan fingerprint density at radius 2 is 1.89 bits per heavy atom. The molecule has 0 bridgehead atoms. The molecule has 0 aliphatic heterocycles. The predicted molar refractivity (Wildman–Crippen MR) is 67.1 cm³/mol. The average molecular weight is 260 g/mol. The number of carbonyl (C=O) groups is 2. The lowest BCUT2D eigenvalue weighted by Gasteiger charge is -2.27. The van der Waals surface area contributed by atoms with Gasteiger partial charge in [0, 0.05) is 13.0 Å². The molecule has 2 N–H and O–H groups in total. The number of aliphatic hydroxyl groups is 1. The van der Waals surface area contributed by atoms with E-state index in [1.165, 1.54) is 0 Å². The van der Waals surface area contributed by atoms with Gasteiger partial charge in [-0.15, -0.1) is 0 Å². The standard InChI is InChI=1S/C13H24O5/c1-4-13(12(16)17,7-5-9-14)8-6-11(15)18-10(2)3/h10,14H,4-9H2,1-3H3,(H,16,17)/t13-/m0/s1. The van der Waals surface area contributed by atoms with Gasteiger partial charge in [0.05, 0.1) is 11.5 Å². The highest BCUT2D eigenvalue weighted by molar-refractivity contribution is 5.76. The summed E-state index contributed by atoms with van der Waals surface area (Å²) in [5.41, 5.74) is -0.932. The Morgan fingerprint density at radius 1 is 1.28 bits per heavy atom. The van der Waals surface area contributed by atoms with Gasteiger partial charge in [0.15, 0.2) is 0 Å². The third-order valence-corrected chi connectivity index (χ3v) is 3.12. The van der Waals surface area contributed by atoms with Gasteiger partial charge in [0.25, 0.3) is 0 Å². The SMILES string of the molecule is CC[C@](CCCO)(CCC(=O)OC(C)C)C(=O)O. The van der Waals surface area contributed by atoms with E-state index in [0.717, 1.165) is 0 Å². The molecule has 0 unspecified atom stereocenters. The number of esters is 1. The summed E-state index contributed by atoms with van der Waals surface area (Å²) < 4.78 is 4.99. The van der Waals surface area contributed by atoms with E-state index in [4.69, 9.17) is 9.84 Å². The van der Waals surface area contributed by atoms with Crippen molar-refractivity contribution < 1.29 is 24.5 Å². The molecule has 0 saturated carbocycles. The molecule has 0 aliphatic carbocycles. The largest absolute Gasteiger partial charge is 0.481 e. The molecule has 5 heteroatoms. The van der Waals surface area contributed by atoms with Crippen LogP contribution in [0.4, 0.5) is 0 Å². The minimum atomic E-state index is -0.932. The van der Waals surface area contributed by atoms with Crippen LogP contribution < -0.4 is 0 Å². The first kappa shape index (κ1) is 16.9. The van der Waals surface area contributed by atoms with Crippen LogP contribution >= 0.6 is 0 Å². The molecule has 0 aliphatic rings. The van der Waals surface area contributed by atoms with Crippen molar-refractivity contribution in [2.45, 2.75) is 59.0 Å². The Labute approximate surface area is 108 Å². The molecular formula is C13H24O5. The monoisotopic (exact) mass is 260 g/mol. The molecule has 0 fully saturated rings. The molecule has 5 nitrogen and oxygen atoms in total. The van der Waals surface area contributed by atoms with Gasteiger partial charge in [0.1, 0.15) is 0 Å². The smallest absolute Gasteiger partial charge is 0.309 e. The highest BCUT2D eigenvalue weighted by Gasteiger charge is 2.36. The van der Waals surface area contributed by atoms with E-state index < -0.39 is 11.4 Å². The molecule has 18 heavy (non-hydrogen) atoms. The zero-order valence-corrected chi connectivity index (χ0v) is 11.4. The maximum absolute atomic E-state index is 11.4. The van der Waals surface area contributed by atoms with Gasteiger partial charge in [-0.05, 0) is 39.5 Å². The molecule has 1 atom stereocenters. The number of aliphatic hydroxyl groups excluding tert-OH is 1. The summed E-state index contributed by atoms with van der Waals surface area (Å²) in [5, 5.41) is 18.1. The van der Waals surface area contributed by atoms with E-state index in [1.807, 2.05) is 0 Å². The van der Waals surface area contributed by atoms with Crippen molar-refractivity contribution >= 4 is 11.9 Å². The number of carbonyl (C=O) groups excluding carboxylic acids is 1. The predicted octanol–water partition coefficient (Wildman–Crippen LogP) is 1.97. The molecule has 0 rings (SSSR count). The second-order valence-electron chi connectivity index (χ2n) is 4.80. The fraction of sp³-hybridized carbons (Fsp3) is 0.846. The van der Waals surface area contributed by atoms with E-state index >= 15 is 0 Å². The lowest BCUT2D eigenvalue weighted by molar-refractivity contribution is -0.153. The lowest BCUT2D eigenvalue weighted by Crippen LogP contribution is -2.32. The normalized spacial score (nSPS) is 14.3. The highest BCUT2D eigenvalue weighted by Crippen LogP contribution is 2.34. The Balaban J connectivity index is 4.49. The first-order chi connectivity index (χ1) is 8.38. The quantitative estimate of drug-likeness (QED) is 0.619. The summed E-state index contributed by atoms with van der Waals surface area (Å²) in [6, 6.07) is 0. The fourth-order valence-electron chi connectivity index (χ4n) is 1.92. The second-order valence-corrected chi connectivity index (χ2v) is 4.80. The zero-order chi connectivity index (χ0) is 14.2. The van der Waals surface area contributed by atoms with E-state index in [0.29, 0.717) is 19.3 Å². The highest BCUT2D eigenvalue weighted by atomic mass is 16.5. The van der Waals surface area contributed by atoms with Crippen molar-refractivity contribution in [3.05, 3.63) is 0 Å². The minimum Gasteiger partial charge on any atom is -0.481 e. The molecule has 0 aromatic carbocycles. The number of ether oxygens (including phenoxy) is 1. The third kappa shape index (κ3) is 5.49. The number of hydrogen-bond donors (Lipinski definition) is 2.